The zero-order valence-corrected chi connectivity index (χ0v) is 7.90. The van der Waals surface area contributed by atoms with Gasteiger partial charge in [0.05, 0.1) is 13.2 Å². The monoisotopic (exact) mass is 181 g/mol. The molecule has 72 valence electrons. The largest absolute Gasteiger partial charge is 0.497 e. The van der Waals surface area contributed by atoms with Crippen molar-refractivity contribution in [3.63, 3.8) is 0 Å². The Bertz CT molecular complexity index is 256. The molecule has 0 saturated heterocycles. The normalized spacial score (nSPS) is 15.1. The molecular weight excluding hydrogens is 166 g/mol. The first kappa shape index (κ1) is 10.0. The molecule has 0 saturated carbocycles. The van der Waals surface area contributed by atoms with Crippen molar-refractivity contribution in [2.45, 2.75) is 19.1 Å². The van der Waals surface area contributed by atoms with Crippen LogP contribution in [0.4, 0.5) is 0 Å². The van der Waals surface area contributed by atoms with E-state index in [9.17, 15) is 5.11 Å². The number of hydrogen-bond donors (Lipinski definition) is 2. The molecule has 3 N–H and O–H groups in total. The Morgan fingerprint density at radius 3 is 2.23 bits per heavy atom. The van der Waals surface area contributed by atoms with E-state index in [-0.39, 0.29) is 6.04 Å². The van der Waals surface area contributed by atoms with Gasteiger partial charge in [-0.05, 0) is 24.6 Å². The van der Waals surface area contributed by atoms with E-state index in [1.54, 1.807) is 26.2 Å². The second-order valence-electron chi connectivity index (χ2n) is 3.08. The Labute approximate surface area is 78.1 Å². The van der Waals surface area contributed by atoms with Crippen molar-refractivity contribution in [1.82, 2.24) is 0 Å². The molecule has 0 aliphatic carbocycles. The van der Waals surface area contributed by atoms with Crippen molar-refractivity contribution < 1.29 is 9.84 Å². The average Bonchev–Trinajstić information content (AvgIpc) is 2.17. The minimum absolute atomic E-state index is 0.256. The van der Waals surface area contributed by atoms with Crippen molar-refractivity contribution in [2.24, 2.45) is 5.73 Å². The van der Waals surface area contributed by atoms with E-state index in [0.717, 1.165) is 11.3 Å². The van der Waals surface area contributed by atoms with Gasteiger partial charge in [0.1, 0.15) is 5.75 Å². The molecule has 0 radical (unpaired) electrons. The Morgan fingerprint density at radius 2 is 1.85 bits per heavy atom. The lowest BCUT2D eigenvalue weighted by Gasteiger charge is -2.14. The first-order valence-corrected chi connectivity index (χ1v) is 4.22. The molecule has 1 rings (SSSR count). The molecule has 13 heavy (non-hydrogen) atoms. The molecule has 0 bridgehead atoms. The van der Waals surface area contributed by atoms with Crippen LogP contribution in [0.5, 0.6) is 5.75 Å². The summed E-state index contributed by atoms with van der Waals surface area (Å²) >= 11 is 0. The summed E-state index contributed by atoms with van der Waals surface area (Å²) in [5, 5.41) is 9.60. The van der Waals surface area contributed by atoms with E-state index >= 15 is 0 Å². The molecule has 1 aromatic carbocycles. The Balaban J connectivity index is 2.79. The second kappa shape index (κ2) is 4.25. The SMILES string of the molecule is COc1ccc([C@H](O)[C@@H](C)N)cc1. The van der Waals surface area contributed by atoms with E-state index in [4.69, 9.17) is 10.5 Å². The third-order valence-corrected chi connectivity index (χ3v) is 1.96. The Morgan fingerprint density at radius 1 is 1.31 bits per heavy atom. The molecule has 0 aliphatic rings. The maximum Gasteiger partial charge on any atom is 0.118 e. The minimum Gasteiger partial charge on any atom is -0.497 e. The van der Waals surface area contributed by atoms with Crippen molar-refractivity contribution in [3.8, 4) is 5.75 Å². The topological polar surface area (TPSA) is 55.5 Å². The van der Waals surface area contributed by atoms with E-state index < -0.39 is 6.10 Å². The summed E-state index contributed by atoms with van der Waals surface area (Å²) in [7, 11) is 1.61. The lowest BCUT2D eigenvalue weighted by atomic mass is 10.0. The quantitative estimate of drug-likeness (QED) is 0.733. The van der Waals surface area contributed by atoms with Crippen molar-refractivity contribution in [3.05, 3.63) is 29.8 Å². The smallest absolute Gasteiger partial charge is 0.118 e. The number of benzene rings is 1. The molecule has 0 aliphatic heterocycles. The van der Waals surface area contributed by atoms with Crippen LogP contribution in [0.1, 0.15) is 18.6 Å². The van der Waals surface area contributed by atoms with E-state index in [2.05, 4.69) is 0 Å². The van der Waals surface area contributed by atoms with Gasteiger partial charge in [0, 0.05) is 6.04 Å². The van der Waals surface area contributed by atoms with Crippen LogP contribution >= 0.6 is 0 Å². The highest BCUT2D eigenvalue weighted by atomic mass is 16.5. The van der Waals surface area contributed by atoms with Crippen LogP contribution in [0.25, 0.3) is 0 Å². The zero-order chi connectivity index (χ0) is 9.84. The maximum absolute atomic E-state index is 9.60. The average molecular weight is 181 g/mol. The highest BCUT2D eigenvalue weighted by Crippen LogP contribution is 2.18. The molecule has 2 atom stereocenters. The van der Waals surface area contributed by atoms with Gasteiger partial charge >= 0.3 is 0 Å². The molecule has 0 spiro atoms. The predicted octanol–water partition coefficient (Wildman–Crippen LogP) is 1.08. The first-order chi connectivity index (χ1) is 6.15. The van der Waals surface area contributed by atoms with Gasteiger partial charge < -0.3 is 15.6 Å². The summed E-state index contributed by atoms with van der Waals surface area (Å²) in [4.78, 5) is 0. The summed E-state index contributed by atoms with van der Waals surface area (Å²) in [5.74, 6) is 0.778. The minimum atomic E-state index is -0.606. The highest BCUT2D eigenvalue weighted by Gasteiger charge is 2.11. The van der Waals surface area contributed by atoms with Crippen LogP contribution < -0.4 is 10.5 Å². The fraction of sp³-hybridized carbons (Fsp3) is 0.400. The van der Waals surface area contributed by atoms with Crippen LogP contribution in [0, 0.1) is 0 Å². The number of aliphatic hydroxyl groups is 1. The summed E-state index contributed by atoms with van der Waals surface area (Å²) in [6.07, 6.45) is -0.606. The van der Waals surface area contributed by atoms with Crippen molar-refractivity contribution in [2.75, 3.05) is 7.11 Å². The first-order valence-electron chi connectivity index (χ1n) is 4.22. The van der Waals surface area contributed by atoms with E-state index in [0.29, 0.717) is 0 Å². The third kappa shape index (κ3) is 2.44. The Hall–Kier alpha value is -1.06. The summed E-state index contributed by atoms with van der Waals surface area (Å²) in [6.45, 7) is 1.77. The third-order valence-electron chi connectivity index (χ3n) is 1.96. The molecule has 0 amide bonds. The lowest BCUT2D eigenvalue weighted by Crippen LogP contribution is -2.24. The van der Waals surface area contributed by atoms with Gasteiger partial charge in [-0.1, -0.05) is 12.1 Å². The number of aliphatic hydroxyl groups excluding tert-OH is 1. The van der Waals surface area contributed by atoms with E-state index in [1.807, 2.05) is 12.1 Å². The van der Waals surface area contributed by atoms with Crippen LogP contribution in [0.3, 0.4) is 0 Å². The molecule has 0 heterocycles. The standard InChI is InChI=1S/C10H15NO2/c1-7(11)10(12)8-3-5-9(13-2)6-4-8/h3-7,10,12H,11H2,1-2H3/t7-,10-/m1/s1. The Kier molecular flexibility index (Phi) is 3.28. The van der Waals surface area contributed by atoms with Gasteiger partial charge in [-0.3, -0.25) is 0 Å². The van der Waals surface area contributed by atoms with Crippen LogP contribution in [-0.2, 0) is 0 Å². The lowest BCUT2D eigenvalue weighted by molar-refractivity contribution is 0.153. The van der Waals surface area contributed by atoms with E-state index in [1.165, 1.54) is 0 Å². The van der Waals surface area contributed by atoms with Crippen molar-refractivity contribution >= 4 is 0 Å². The van der Waals surface area contributed by atoms with Gasteiger partial charge in [-0.2, -0.15) is 0 Å². The molecule has 3 nitrogen and oxygen atoms in total. The summed E-state index contributed by atoms with van der Waals surface area (Å²) < 4.78 is 5.00. The maximum atomic E-state index is 9.60. The van der Waals surface area contributed by atoms with Crippen LogP contribution in [0.2, 0.25) is 0 Å². The summed E-state index contributed by atoms with van der Waals surface area (Å²) in [5.41, 5.74) is 6.37. The fourth-order valence-electron chi connectivity index (χ4n) is 1.10. The zero-order valence-electron chi connectivity index (χ0n) is 7.90. The van der Waals surface area contributed by atoms with Gasteiger partial charge in [-0.15, -0.1) is 0 Å². The number of hydrogen-bond acceptors (Lipinski definition) is 3. The predicted molar refractivity (Wildman–Crippen MR) is 51.6 cm³/mol. The molecule has 0 fully saturated rings. The van der Waals surface area contributed by atoms with Gasteiger partial charge in [-0.25, -0.2) is 0 Å². The number of methoxy groups -OCH3 is 1. The molecule has 0 aromatic heterocycles. The molecule has 1 aromatic rings. The van der Waals surface area contributed by atoms with Gasteiger partial charge in [0.15, 0.2) is 0 Å². The molecule has 3 heteroatoms. The van der Waals surface area contributed by atoms with Crippen LogP contribution in [-0.4, -0.2) is 18.3 Å². The fourth-order valence-corrected chi connectivity index (χ4v) is 1.10. The van der Waals surface area contributed by atoms with Crippen molar-refractivity contribution in [1.29, 1.82) is 0 Å². The number of ether oxygens (including phenoxy) is 1. The van der Waals surface area contributed by atoms with Crippen LogP contribution in [0.15, 0.2) is 24.3 Å². The van der Waals surface area contributed by atoms with Gasteiger partial charge in [0.25, 0.3) is 0 Å². The second-order valence-corrected chi connectivity index (χ2v) is 3.08. The van der Waals surface area contributed by atoms with Gasteiger partial charge in [0.2, 0.25) is 0 Å². The number of rotatable bonds is 3. The molecular formula is C10H15NO2. The highest BCUT2D eigenvalue weighted by molar-refractivity contribution is 5.28. The molecule has 0 unspecified atom stereocenters. The number of nitrogens with two attached hydrogens (primary N) is 1. The summed E-state index contributed by atoms with van der Waals surface area (Å²) in [6, 6.07) is 6.98.